The van der Waals surface area contributed by atoms with Crippen LogP contribution < -0.4 is 4.90 Å². The topological polar surface area (TPSA) is 57.6 Å². The van der Waals surface area contributed by atoms with Crippen LogP contribution in [0.5, 0.6) is 0 Å². The highest BCUT2D eigenvalue weighted by atomic mass is 127. The molecule has 0 spiro atoms. The molecule has 1 N–H and O–H groups in total. The van der Waals surface area contributed by atoms with E-state index in [0.717, 1.165) is 22.0 Å². The molecule has 0 saturated carbocycles. The van der Waals surface area contributed by atoms with Crippen molar-refractivity contribution in [1.82, 2.24) is 0 Å². The first-order valence-electron chi connectivity index (χ1n) is 5.86. The molecule has 0 heterocycles. The van der Waals surface area contributed by atoms with Crippen molar-refractivity contribution in [3.05, 3.63) is 22.3 Å². The minimum Gasteiger partial charge on any atom is -0.481 e. The van der Waals surface area contributed by atoms with Crippen LogP contribution in [0.1, 0.15) is 31.7 Å². The molecule has 110 valence electrons. The highest BCUT2D eigenvalue weighted by Crippen LogP contribution is 2.38. The van der Waals surface area contributed by atoms with Gasteiger partial charge in [-0.3, -0.25) is 9.59 Å². The molecule has 0 aliphatic carbocycles. The highest BCUT2D eigenvalue weighted by Gasteiger charge is 2.27. The van der Waals surface area contributed by atoms with Gasteiger partial charge in [-0.1, -0.05) is 6.92 Å². The van der Waals surface area contributed by atoms with Crippen molar-refractivity contribution in [2.24, 2.45) is 0 Å². The van der Waals surface area contributed by atoms with Crippen LogP contribution in [0, 0.1) is 10.7 Å². The Hall–Kier alpha value is 0.350. The van der Waals surface area contributed by atoms with Gasteiger partial charge in [0.2, 0.25) is 5.91 Å². The van der Waals surface area contributed by atoms with Gasteiger partial charge in [0.1, 0.15) is 0 Å². The van der Waals surface area contributed by atoms with E-state index in [1.54, 1.807) is 11.9 Å². The number of hydrogen-bond acceptors (Lipinski definition) is 2. The van der Waals surface area contributed by atoms with Crippen molar-refractivity contribution in [2.45, 2.75) is 26.2 Å². The van der Waals surface area contributed by atoms with Gasteiger partial charge in [-0.15, -0.1) is 0 Å². The molecule has 0 saturated heterocycles. The Balaban J connectivity index is 3.59. The monoisotopic (exact) mass is 613 g/mol. The van der Waals surface area contributed by atoms with Crippen LogP contribution in [0.15, 0.2) is 6.07 Å². The van der Waals surface area contributed by atoms with Crippen LogP contribution in [-0.2, 0) is 9.59 Å². The Morgan fingerprint density at radius 1 is 1.30 bits per heavy atom. The molecule has 1 atom stereocenters. The average molecular weight is 613 g/mol. The SMILES string of the molecule is CC[C@H](C(=O)O)c1c(I)cc(I)c(N(C)C(C)=O)c1I. The van der Waals surface area contributed by atoms with Gasteiger partial charge in [0.05, 0.1) is 11.6 Å². The van der Waals surface area contributed by atoms with Gasteiger partial charge < -0.3 is 10.0 Å². The fraction of sp³-hybridized carbons (Fsp3) is 0.385. The molecule has 0 unspecified atom stereocenters. The Morgan fingerprint density at radius 2 is 1.85 bits per heavy atom. The van der Waals surface area contributed by atoms with Crippen molar-refractivity contribution < 1.29 is 14.7 Å². The van der Waals surface area contributed by atoms with Crippen molar-refractivity contribution >= 4 is 85.3 Å². The lowest BCUT2D eigenvalue weighted by atomic mass is 9.96. The second-order valence-electron chi connectivity index (χ2n) is 4.29. The van der Waals surface area contributed by atoms with Gasteiger partial charge in [0.15, 0.2) is 0 Å². The predicted molar refractivity (Wildman–Crippen MR) is 104 cm³/mol. The molecule has 0 aliphatic heterocycles. The second kappa shape index (κ2) is 7.56. The van der Waals surface area contributed by atoms with Gasteiger partial charge in [-0.25, -0.2) is 0 Å². The summed E-state index contributed by atoms with van der Waals surface area (Å²) in [6, 6.07) is 1.93. The number of benzene rings is 1. The van der Waals surface area contributed by atoms with Crippen LogP contribution in [0.3, 0.4) is 0 Å². The molecular formula is C13H14I3NO3. The van der Waals surface area contributed by atoms with Crippen LogP contribution in [0.2, 0.25) is 0 Å². The summed E-state index contributed by atoms with van der Waals surface area (Å²) in [6.45, 7) is 3.36. The summed E-state index contributed by atoms with van der Waals surface area (Å²) in [4.78, 5) is 24.6. The van der Waals surface area contributed by atoms with E-state index in [1.165, 1.54) is 6.92 Å². The average Bonchev–Trinajstić information content (AvgIpc) is 2.33. The van der Waals surface area contributed by atoms with E-state index in [4.69, 9.17) is 0 Å². The summed E-state index contributed by atoms with van der Waals surface area (Å²) >= 11 is 6.49. The number of carbonyl (C=O) groups is 2. The van der Waals surface area contributed by atoms with E-state index in [2.05, 4.69) is 67.8 Å². The zero-order valence-corrected chi connectivity index (χ0v) is 17.7. The zero-order valence-electron chi connectivity index (χ0n) is 11.2. The Kier molecular flexibility index (Phi) is 6.96. The number of carboxylic acid groups (broad SMARTS) is 1. The van der Waals surface area contributed by atoms with E-state index < -0.39 is 11.9 Å². The molecule has 0 aromatic heterocycles. The number of carbonyl (C=O) groups excluding carboxylic acids is 1. The number of carboxylic acids is 1. The predicted octanol–water partition coefficient (Wildman–Crippen LogP) is 4.06. The summed E-state index contributed by atoms with van der Waals surface area (Å²) in [6.07, 6.45) is 0.519. The molecule has 1 aromatic carbocycles. The number of aliphatic carboxylic acids is 1. The quantitative estimate of drug-likeness (QED) is 0.522. The largest absolute Gasteiger partial charge is 0.481 e. The van der Waals surface area contributed by atoms with Gasteiger partial charge in [0, 0.05) is 24.7 Å². The third-order valence-electron chi connectivity index (χ3n) is 3.04. The molecular weight excluding hydrogens is 599 g/mol. The van der Waals surface area contributed by atoms with Crippen LogP contribution in [-0.4, -0.2) is 24.0 Å². The van der Waals surface area contributed by atoms with Crippen LogP contribution >= 0.6 is 67.8 Å². The van der Waals surface area contributed by atoms with Crippen LogP contribution in [0.4, 0.5) is 5.69 Å². The first-order valence-corrected chi connectivity index (χ1v) is 9.10. The fourth-order valence-corrected chi connectivity index (χ4v) is 6.73. The molecule has 1 rings (SSSR count). The number of anilines is 1. The van der Waals surface area contributed by atoms with Gasteiger partial charge in [-0.05, 0) is 85.8 Å². The van der Waals surface area contributed by atoms with Crippen molar-refractivity contribution in [3.63, 3.8) is 0 Å². The normalized spacial score (nSPS) is 12.1. The lowest BCUT2D eigenvalue weighted by Gasteiger charge is -2.24. The molecule has 1 amide bonds. The molecule has 0 aliphatic rings. The lowest BCUT2D eigenvalue weighted by Crippen LogP contribution is -2.26. The molecule has 4 nitrogen and oxygen atoms in total. The van der Waals surface area contributed by atoms with E-state index in [0.29, 0.717) is 6.42 Å². The molecule has 0 bridgehead atoms. The highest BCUT2D eigenvalue weighted by molar-refractivity contribution is 14.1. The third kappa shape index (κ3) is 3.76. The van der Waals surface area contributed by atoms with Gasteiger partial charge in [0.25, 0.3) is 0 Å². The van der Waals surface area contributed by atoms with Crippen molar-refractivity contribution in [3.8, 4) is 0 Å². The first kappa shape index (κ1) is 18.4. The van der Waals surface area contributed by atoms with E-state index >= 15 is 0 Å². The Bertz CT molecular complexity index is 560. The van der Waals surface area contributed by atoms with E-state index in [1.807, 2.05) is 13.0 Å². The van der Waals surface area contributed by atoms with E-state index in [9.17, 15) is 14.7 Å². The maximum atomic E-state index is 11.6. The maximum Gasteiger partial charge on any atom is 0.311 e. The molecule has 0 radical (unpaired) electrons. The number of halogens is 3. The smallest absolute Gasteiger partial charge is 0.311 e. The summed E-state index contributed by atoms with van der Waals surface area (Å²) in [5.74, 6) is -1.46. The molecule has 20 heavy (non-hydrogen) atoms. The fourth-order valence-electron chi connectivity index (χ4n) is 1.88. The molecule has 7 heteroatoms. The molecule has 0 fully saturated rings. The Morgan fingerprint density at radius 3 is 2.25 bits per heavy atom. The Labute approximate surface area is 159 Å². The van der Waals surface area contributed by atoms with Crippen molar-refractivity contribution in [2.75, 3.05) is 11.9 Å². The standard InChI is InChI=1S/C13H14I3NO3/c1-4-7(13(19)20)10-8(14)5-9(15)12(11(10)16)17(3)6(2)18/h5,7H,4H2,1-3H3,(H,19,20)/t7-/m0/s1. The minimum atomic E-state index is -0.832. The third-order valence-corrected chi connectivity index (χ3v) is 5.85. The number of amides is 1. The van der Waals surface area contributed by atoms with Crippen molar-refractivity contribution in [1.29, 1.82) is 0 Å². The van der Waals surface area contributed by atoms with Gasteiger partial charge >= 0.3 is 5.97 Å². The second-order valence-corrected chi connectivity index (χ2v) is 7.70. The zero-order chi connectivity index (χ0) is 15.6. The van der Waals surface area contributed by atoms with E-state index in [-0.39, 0.29) is 5.91 Å². The summed E-state index contributed by atoms with van der Waals surface area (Å²) in [5, 5.41) is 9.39. The lowest BCUT2D eigenvalue weighted by molar-refractivity contribution is -0.138. The number of rotatable bonds is 4. The van der Waals surface area contributed by atoms with Gasteiger partial charge in [-0.2, -0.15) is 0 Å². The summed E-state index contributed by atoms with van der Waals surface area (Å²) < 4.78 is 2.70. The number of hydrogen-bond donors (Lipinski definition) is 1. The first-order chi connectivity index (χ1) is 9.22. The summed E-state index contributed by atoms with van der Waals surface area (Å²) in [5.41, 5.74) is 1.58. The number of nitrogens with zero attached hydrogens (tertiary/aromatic N) is 1. The maximum absolute atomic E-state index is 11.6. The summed E-state index contributed by atoms with van der Waals surface area (Å²) in [7, 11) is 1.71. The molecule has 1 aromatic rings. The minimum absolute atomic E-state index is 0.0728. The van der Waals surface area contributed by atoms with Crippen LogP contribution in [0.25, 0.3) is 0 Å².